The number of hydrogen-bond acceptors (Lipinski definition) is 6. The molecule has 0 unspecified atom stereocenters. The fourth-order valence-corrected chi connectivity index (χ4v) is 3.10. The Morgan fingerprint density at radius 1 is 1.17 bits per heavy atom. The average molecular weight is 413 g/mol. The summed E-state index contributed by atoms with van der Waals surface area (Å²) in [6.45, 7) is 1.77. The fraction of sp³-hybridized carbons (Fsp3) is 0.409. The van der Waals surface area contributed by atoms with Crippen molar-refractivity contribution in [2.24, 2.45) is 0 Å². The topological polar surface area (TPSA) is 90.0 Å². The number of fused-ring (bicyclic) bond motifs is 2. The van der Waals surface area contributed by atoms with Gasteiger partial charge in [-0.25, -0.2) is 4.98 Å². The van der Waals surface area contributed by atoms with Gasteiger partial charge in [-0.05, 0) is 43.5 Å². The second-order valence-corrected chi connectivity index (χ2v) is 6.88. The van der Waals surface area contributed by atoms with E-state index in [2.05, 4.69) is 10.3 Å². The van der Waals surface area contributed by atoms with E-state index in [1.165, 1.54) is 4.90 Å². The van der Waals surface area contributed by atoms with Gasteiger partial charge >= 0.3 is 0 Å². The van der Waals surface area contributed by atoms with E-state index in [0.29, 0.717) is 43.4 Å². The van der Waals surface area contributed by atoms with Gasteiger partial charge in [-0.2, -0.15) is 0 Å². The number of para-hydroxylation sites is 2. The van der Waals surface area contributed by atoms with Gasteiger partial charge in [0.15, 0.2) is 11.5 Å². The van der Waals surface area contributed by atoms with Gasteiger partial charge < -0.3 is 24.4 Å². The van der Waals surface area contributed by atoms with Crippen molar-refractivity contribution in [1.82, 2.24) is 15.2 Å². The Labute approximate surface area is 176 Å². The lowest BCUT2D eigenvalue weighted by atomic mass is 10.2. The number of ether oxygens (including phenoxy) is 3. The van der Waals surface area contributed by atoms with Gasteiger partial charge in [0.25, 0.3) is 5.91 Å². The molecule has 0 atom stereocenters. The van der Waals surface area contributed by atoms with Crippen LogP contribution in [-0.2, 0) is 9.53 Å². The van der Waals surface area contributed by atoms with E-state index in [0.717, 1.165) is 19.3 Å². The number of carbonyl (C=O) groups excluding carboxylic acids is 2. The number of carbonyl (C=O) groups is 2. The molecule has 0 saturated carbocycles. The third-order valence-corrected chi connectivity index (χ3v) is 4.64. The van der Waals surface area contributed by atoms with Crippen LogP contribution < -0.4 is 14.8 Å². The van der Waals surface area contributed by atoms with Crippen molar-refractivity contribution in [3.63, 3.8) is 0 Å². The van der Waals surface area contributed by atoms with Crippen LogP contribution >= 0.6 is 0 Å². The minimum Gasteiger partial charge on any atom is -0.490 e. The van der Waals surface area contributed by atoms with Crippen LogP contribution in [0.2, 0.25) is 0 Å². The monoisotopic (exact) mass is 413 g/mol. The number of aromatic nitrogens is 1. The summed E-state index contributed by atoms with van der Waals surface area (Å²) in [7, 11) is 1.57. The summed E-state index contributed by atoms with van der Waals surface area (Å²) in [5.41, 5.74) is 0.302. The third-order valence-electron chi connectivity index (χ3n) is 4.64. The highest BCUT2D eigenvalue weighted by Gasteiger charge is 2.23. The summed E-state index contributed by atoms with van der Waals surface area (Å²) < 4.78 is 16.8. The van der Waals surface area contributed by atoms with Gasteiger partial charge in [-0.1, -0.05) is 12.1 Å². The molecule has 0 radical (unpaired) electrons. The molecule has 0 aliphatic carbocycles. The fourth-order valence-electron chi connectivity index (χ4n) is 3.10. The largest absolute Gasteiger partial charge is 0.490 e. The van der Waals surface area contributed by atoms with Crippen LogP contribution in [0.3, 0.4) is 0 Å². The van der Waals surface area contributed by atoms with Gasteiger partial charge in [0.2, 0.25) is 11.8 Å². The zero-order chi connectivity index (χ0) is 21.2. The SMILES string of the molecule is COCCNC(=O)CN1CCCCCOc2ccccc2Oc2ncccc2C1=O. The summed E-state index contributed by atoms with van der Waals surface area (Å²) in [4.78, 5) is 31.4. The summed E-state index contributed by atoms with van der Waals surface area (Å²) in [5, 5.41) is 2.76. The molecular weight excluding hydrogens is 386 g/mol. The van der Waals surface area contributed by atoms with E-state index in [9.17, 15) is 9.59 Å². The molecule has 2 amide bonds. The molecule has 0 fully saturated rings. The highest BCUT2D eigenvalue weighted by Crippen LogP contribution is 2.32. The Morgan fingerprint density at radius 3 is 2.83 bits per heavy atom. The van der Waals surface area contributed by atoms with Crippen molar-refractivity contribution in [1.29, 1.82) is 0 Å². The van der Waals surface area contributed by atoms with Crippen molar-refractivity contribution >= 4 is 11.8 Å². The number of nitrogens with one attached hydrogen (secondary N) is 1. The molecule has 0 spiro atoms. The lowest BCUT2D eigenvalue weighted by Gasteiger charge is -2.23. The first-order valence-corrected chi connectivity index (χ1v) is 10.1. The number of nitrogens with zero attached hydrogens (tertiary/aromatic N) is 2. The Balaban J connectivity index is 1.85. The number of hydrogen-bond donors (Lipinski definition) is 1. The lowest BCUT2D eigenvalue weighted by Crippen LogP contribution is -2.42. The third kappa shape index (κ3) is 5.93. The van der Waals surface area contributed by atoms with Gasteiger partial charge in [-0.15, -0.1) is 0 Å². The minimum absolute atomic E-state index is 0.0377. The molecule has 2 heterocycles. The summed E-state index contributed by atoms with van der Waals surface area (Å²) >= 11 is 0. The molecule has 1 aliphatic rings. The van der Waals surface area contributed by atoms with Crippen molar-refractivity contribution in [2.45, 2.75) is 19.3 Å². The molecule has 1 aromatic heterocycles. The Hall–Kier alpha value is -3.13. The normalized spacial score (nSPS) is 14.7. The molecule has 2 aromatic rings. The Kier molecular flexibility index (Phi) is 8.02. The maximum absolute atomic E-state index is 13.3. The van der Waals surface area contributed by atoms with Crippen LogP contribution in [0.4, 0.5) is 0 Å². The molecule has 1 aliphatic heterocycles. The first kappa shape index (κ1) is 21.6. The van der Waals surface area contributed by atoms with Crippen molar-refractivity contribution in [2.75, 3.05) is 40.0 Å². The summed E-state index contributed by atoms with van der Waals surface area (Å²) in [6.07, 6.45) is 4.04. The smallest absolute Gasteiger partial charge is 0.259 e. The van der Waals surface area contributed by atoms with Crippen molar-refractivity contribution < 1.29 is 23.8 Å². The molecule has 160 valence electrons. The standard InChI is InChI=1S/C22H27N3O5/c1-28-15-12-23-20(26)16-25-13-5-2-6-14-29-18-9-3-4-10-19(18)30-21-17(22(25)27)8-7-11-24-21/h3-4,7-11H,2,5-6,12-16H2,1H3,(H,23,26). The molecule has 0 saturated heterocycles. The lowest BCUT2D eigenvalue weighted by molar-refractivity contribution is -0.122. The van der Waals surface area contributed by atoms with Crippen LogP contribution in [-0.4, -0.2) is 61.7 Å². The second-order valence-electron chi connectivity index (χ2n) is 6.88. The van der Waals surface area contributed by atoms with Gasteiger partial charge in [-0.3, -0.25) is 9.59 Å². The number of rotatable bonds is 5. The summed E-state index contributed by atoms with van der Waals surface area (Å²) in [6, 6.07) is 10.6. The van der Waals surface area contributed by atoms with E-state index >= 15 is 0 Å². The van der Waals surface area contributed by atoms with Crippen LogP contribution in [0.25, 0.3) is 0 Å². The molecule has 8 nitrogen and oxygen atoms in total. The zero-order valence-corrected chi connectivity index (χ0v) is 17.1. The van der Waals surface area contributed by atoms with Crippen molar-refractivity contribution in [3.8, 4) is 17.4 Å². The minimum atomic E-state index is -0.294. The number of methoxy groups -OCH3 is 1. The highest BCUT2D eigenvalue weighted by atomic mass is 16.5. The van der Waals surface area contributed by atoms with E-state index in [4.69, 9.17) is 14.2 Å². The number of amides is 2. The van der Waals surface area contributed by atoms with Crippen molar-refractivity contribution in [3.05, 3.63) is 48.2 Å². The molecule has 0 bridgehead atoms. The van der Waals surface area contributed by atoms with Gasteiger partial charge in [0, 0.05) is 26.4 Å². The van der Waals surface area contributed by atoms with E-state index in [-0.39, 0.29) is 24.2 Å². The van der Waals surface area contributed by atoms with E-state index in [1.807, 2.05) is 18.2 Å². The van der Waals surface area contributed by atoms with Crippen LogP contribution in [0.15, 0.2) is 42.6 Å². The summed E-state index contributed by atoms with van der Waals surface area (Å²) in [5.74, 6) is 0.758. The highest BCUT2D eigenvalue weighted by molar-refractivity contribution is 5.98. The predicted octanol–water partition coefficient (Wildman–Crippen LogP) is 2.64. The Morgan fingerprint density at radius 2 is 2.00 bits per heavy atom. The maximum Gasteiger partial charge on any atom is 0.259 e. The van der Waals surface area contributed by atoms with Crippen LogP contribution in [0.5, 0.6) is 17.4 Å². The maximum atomic E-state index is 13.3. The van der Waals surface area contributed by atoms with Crippen LogP contribution in [0.1, 0.15) is 29.6 Å². The van der Waals surface area contributed by atoms with Crippen LogP contribution in [0, 0.1) is 0 Å². The molecule has 1 N–H and O–H groups in total. The molecule has 1 aromatic carbocycles. The first-order valence-electron chi connectivity index (χ1n) is 10.1. The molecular formula is C22H27N3O5. The van der Waals surface area contributed by atoms with Gasteiger partial charge in [0.05, 0.1) is 19.8 Å². The quantitative estimate of drug-likeness (QED) is 0.758. The molecule has 8 heteroatoms. The average Bonchev–Trinajstić information content (AvgIpc) is 2.77. The number of benzene rings is 1. The second kappa shape index (κ2) is 11.2. The zero-order valence-electron chi connectivity index (χ0n) is 17.1. The van der Waals surface area contributed by atoms with E-state index < -0.39 is 0 Å². The molecule has 3 rings (SSSR count). The molecule has 30 heavy (non-hydrogen) atoms. The first-order chi connectivity index (χ1) is 14.7. The van der Waals surface area contributed by atoms with E-state index in [1.54, 1.807) is 31.5 Å². The number of pyridine rings is 1. The van der Waals surface area contributed by atoms with Gasteiger partial charge in [0.1, 0.15) is 5.56 Å². The predicted molar refractivity (Wildman–Crippen MR) is 111 cm³/mol. The Bertz CT molecular complexity index is 858.